The molecule has 0 radical (unpaired) electrons. The molecule has 0 saturated carbocycles. The molecular formula is C14H10Cl4O2. The second kappa shape index (κ2) is 6.88. The molecular weight excluding hydrogens is 342 g/mol. The van der Waals surface area contributed by atoms with Crippen LogP contribution in [0.1, 0.15) is 11.1 Å². The van der Waals surface area contributed by atoms with Gasteiger partial charge in [0.05, 0.1) is 11.6 Å². The number of ether oxygens (including phenoxy) is 1. The molecule has 6 heteroatoms. The van der Waals surface area contributed by atoms with Crippen LogP contribution in [0.25, 0.3) is 0 Å². The summed E-state index contributed by atoms with van der Waals surface area (Å²) in [4.78, 5) is 0. The van der Waals surface area contributed by atoms with Crippen LogP contribution in [0.3, 0.4) is 0 Å². The molecule has 0 amide bonds. The fourth-order valence-corrected chi connectivity index (χ4v) is 2.80. The van der Waals surface area contributed by atoms with Gasteiger partial charge in [-0.2, -0.15) is 0 Å². The maximum Gasteiger partial charge on any atom is 0.144 e. The number of rotatable bonds is 4. The van der Waals surface area contributed by atoms with Crippen molar-refractivity contribution in [2.24, 2.45) is 0 Å². The monoisotopic (exact) mass is 350 g/mol. The molecule has 0 aromatic heterocycles. The predicted molar refractivity (Wildman–Crippen MR) is 83.2 cm³/mol. The van der Waals surface area contributed by atoms with E-state index >= 15 is 0 Å². The smallest absolute Gasteiger partial charge is 0.144 e. The van der Waals surface area contributed by atoms with E-state index in [1.165, 1.54) is 0 Å². The SMILES string of the molecule is OCc1cc(Cl)cc(Cl)c1OCc1c(Cl)cccc1Cl. The Bertz CT molecular complexity index is 609. The summed E-state index contributed by atoms with van der Waals surface area (Å²) in [6.45, 7) is -0.0846. The summed E-state index contributed by atoms with van der Waals surface area (Å²) in [5, 5.41) is 11.1. The van der Waals surface area contributed by atoms with E-state index in [4.69, 9.17) is 51.1 Å². The van der Waals surface area contributed by atoms with Crippen molar-refractivity contribution in [1.29, 1.82) is 0 Å². The lowest BCUT2D eigenvalue weighted by Crippen LogP contribution is -2.01. The minimum absolute atomic E-state index is 0.146. The predicted octanol–water partition coefficient (Wildman–Crippen LogP) is 5.37. The molecule has 0 bridgehead atoms. The minimum atomic E-state index is -0.230. The summed E-state index contributed by atoms with van der Waals surface area (Å²) >= 11 is 24.1. The van der Waals surface area contributed by atoms with Crippen LogP contribution >= 0.6 is 46.4 Å². The molecule has 0 saturated heterocycles. The van der Waals surface area contributed by atoms with Gasteiger partial charge >= 0.3 is 0 Å². The summed E-state index contributed by atoms with van der Waals surface area (Å²) in [6, 6.07) is 8.34. The lowest BCUT2D eigenvalue weighted by atomic mass is 10.2. The number of hydrogen-bond donors (Lipinski definition) is 1. The van der Waals surface area contributed by atoms with Crippen LogP contribution in [-0.4, -0.2) is 5.11 Å². The molecule has 0 heterocycles. The summed E-state index contributed by atoms with van der Waals surface area (Å²) in [5.41, 5.74) is 1.16. The van der Waals surface area contributed by atoms with Gasteiger partial charge in [0, 0.05) is 26.2 Å². The molecule has 1 N–H and O–H groups in total. The average molecular weight is 352 g/mol. The fraction of sp³-hybridized carbons (Fsp3) is 0.143. The molecule has 0 unspecified atom stereocenters. The second-order valence-corrected chi connectivity index (χ2v) is 5.68. The van der Waals surface area contributed by atoms with E-state index in [1.54, 1.807) is 30.3 Å². The number of aliphatic hydroxyl groups excluding tert-OH is 1. The van der Waals surface area contributed by atoms with Crippen molar-refractivity contribution in [3.63, 3.8) is 0 Å². The lowest BCUT2D eigenvalue weighted by Gasteiger charge is -2.14. The normalized spacial score (nSPS) is 10.7. The average Bonchev–Trinajstić information content (AvgIpc) is 2.39. The van der Waals surface area contributed by atoms with Gasteiger partial charge in [-0.25, -0.2) is 0 Å². The van der Waals surface area contributed by atoms with Crippen LogP contribution in [0.5, 0.6) is 5.75 Å². The maximum absolute atomic E-state index is 9.32. The highest BCUT2D eigenvalue weighted by Gasteiger charge is 2.12. The fourth-order valence-electron chi connectivity index (χ4n) is 1.71. The van der Waals surface area contributed by atoms with E-state index < -0.39 is 0 Å². The lowest BCUT2D eigenvalue weighted by molar-refractivity contribution is 0.259. The molecule has 2 aromatic carbocycles. The maximum atomic E-state index is 9.32. The molecule has 0 aliphatic rings. The first-order valence-electron chi connectivity index (χ1n) is 5.67. The Labute approximate surface area is 136 Å². The first-order valence-corrected chi connectivity index (χ1v) is 7.18. The first kappa shape index (κ1) is 15.7. The Hall–Kier alpha value is -0.640. The van der Waals surface area contributed by atoms with Gasteiger partial charge in [0.15, 0.2) is 0 Å². The van der Waals surface area contributed by atoms with E-state index in [9.17, 15) is 5.11 Å². The molecule has 106 valence electrons. The first-order chi connectivity index (χ1) is 9.52. The zero-order valence-electron chi connectivity index (χ0n) is 10.2. The minimum Gasteiger partial charge on any atom is -0.487 e. The molecule has 0 fully saturated rings. The van der Waals surface area contributed by atoms with E-state index in [2.05, 4.69) is 0 Å². The molecule has 0 aliphatic carbocycles. The van der Waals surface area contributed by atoms with Crippen molar-refractivity contribution in [2.45, 2.75) is 13.2 Å². The highest BCUT2D eigenvalue weighted by Crippen LogP contribution is 2.34. The number of hydrogen-bond acceptors (Lipinski definition) is 2. The quantitative estimate of drug-likeness (QED) is 0.802. The zero-order chi connectivity index (χ0) is 14.7. The standard InChI is InChI=1S/C14H10Cl4O2/c15-9-4-8(6-19)14(13(18)5-9)20-7-10-11(16)2-1-3-12(10)17/h1-5,19H,6-7H2. The van der Waals surface area contributed by atoms with E-state index in [1.807, 2.05) is 0 Å². The molecule has 0 atom stereocenters. The summed E-state index contributed by atoms with van der Waals surface area (Å²) < 4.78 is 5.64. The Morgan fingerprint density at radius 3 is 2.20 bits per heavy atom. The van der Waals surface area contributed by atoms with Crippen molar-refractivity contribution in [2.75, 3.05) is 0 Å². The van der Waals surface area contributed by atoms with Crippen molar-refractivity contribution in [3.8, 4) is 5.75 Å². The number of aliphatic hydroxyl groups is 1. The van der Waals surface area contributed by atoms with Gasteiger partial charge in [0.1, 0.15) is 12.4 Å². The van der Waals surface area contributed by atoms with E-state index in [0.717, 1.165) is 0 Å². The van der Waals surface area contributed by atoms with Crippen LogP contribution in [0.2, 0.25) is 20.1 Å². The Balaban J connectivity index is 2.27. The van der Waals surface area contributed by atoms with Crippen molar-refractivity contribution in [3.05, 3.63) is 61.5 Å². The van der Waals surface area contributed by atoms with Crippen LogP contribution < -0.4 is 4.74 Å². The van der Waals surface area contributed by atoms with E-state index in [-0.39, 0.29) is 13.2 Å². The Kier molecular flexibility index (Phi) is 5.42. The third-order valence-corrected chi connectivity index (χ3v) is 3.89. The van der Waals surface area contributed by atoms with Gasteiger partial charge in [-0.05, 0) is 24.3 Å². The molecule has 0 aliphatic heterocycles. The Morgan fingerprint density at radius 1 is 0.950 bits per heavy atom. The molecule has 0 spiro atoms. The number of halogens is 4. The molecule has 2 aromatic rings. The van der Waals surface area contributed by atoms with Crippen molar-refractivity contribution in [1.82, 2.24) is 0 Å². The third kappa shape index (κ3) is 3.51. The second-order valence-electron chi connectivity index (χ2n) is 4.02. The van der Waals surface area contributed by atoms with Crippen LogP contribution in [0.15, 0.2) is 30.3 Å². The molecule has 2 rings (SSSR count). The van der Waals surface area contributed by atoms with Crippen molar-refractivity contribution >= 4 is 46.4 Å². The molecule has 20 heavy (non-hydrogen) atoms. The molecule has 2 nitrogen and oxygen atoms in total. The van der Waals surface area contributed by atoms with Crippen molar-refractivity contribution < 1.29 is 9.84 Å². The summed E-state index contributed by atoms with van der Waals surface area (Å²) in [5.74, 6) is 0.370. The van der Waals surface area contributed by atoms with Gasteiger partial charge in [-0.15, -0.1) is 0 Å². The zero-order valence-corrected chi connectivity index (χ0v) is 13.2. The van der Waals surface area contributed by atoms with Crippen LogP contribution in [0, 0.1) is 0 Å². The third-order valence-electron chi connectivity index (χ3n) is 2.68. The summed E-state index contributed by atoms with van der Waals surface area (Å²) in [7, 11) is 0. The van der Waals surface area contributed by atoms with Gasteiger partial charge in [0.2, 0.25) is 0 Å². The highest BCUT2D eigenvalue weighted by molar-refractivity contribution is 6.36. The van der Waals surface area contributed by atoms with Gasteiger partial charge in [-0.3, -0.25) is 0 Å². The van der Waals surface area contributed by atoms with Gasteiger partial charge in [-0.1, -0.05) is 52.5 Å². The highest BCUT2D eigenvalue weighted by atomic mass is 35.5. The topological polar surface area (TPSA) is 29.5 Å². The van der Waals surface area contributed by atoms with Gasteiger partial charge < -0.3 is 9.84 Å². The largest absolute Gasteiger partial charge is 0.487 e. The number of benzene rings is 2. The Morgan fingerprint density at radius 2 is 1.60 bits per heavy atom. The summed E-state index contributed by atoms with van der Waals surface area (Å²) in [6.07, 6.45) is 0. The van der Waals surface area contributed by atoms with Gasteiger partial charge in [0.25, 0.3) is 0 Å². The van der Waals surface area contributed by atoms with E-state index in [0.29, 0.717) is 37.0 Å². The van der Waals surface area contributed by atoms with Crippen LogP contribution in [-0.2, 0) is 13.2 Å². The van der Waals surface area contributed by atoms with Crippen LogP contribution in [0.4, 0.5) is 0 Å².